The minimum atomic E-state index is -0.00874. The van der Waals surface area contributed by atoms with Crippen molar-refractivity contribution < 1.29 is 5.11 Å². The maximum atomic E-state index is 9.24. The number of rotatable bonds is 2. The van der Waals surface area contributed by atoms with Crippen LogP contribution in [0.5, 0.6) is 0 Å². The minimum absolute atomic E-state index is 0.00874. The lowest BCUT2D eigenvalue weighted by atomic mass is 10.0. The van der Waals surface area contributed by atoms with E-state index in [0.29, 0.717) is 0 Å². The summed E-state index contributed by atoms with van der Waals surface area (Å²) in [4.78, 5) is 0. The van der Waals surface area contributed by atoms with Crippen molar-refractivity contribution in [3.63, 3.8) is 0 Å². The molecular formula is C10H18O. The summed E-state index contributed by atoms with van der Waals surface area (Å²) in [6, 6.07) is 0. The molecule has 1 saturated carbocycles. The Hall–Kier alpha value is -0.300. The second-order valence-corrected chi connectivity index (χ2v) is 3.85. The van der Waals surface area contributed by atoms with Crippen LogP contribution >= 0.6 is 0 Å². The first-order valence-corrected chi connectivity index (χ1v) is 4.50. The highest BCUT2D eigenvalue weighted by Crippen LogP contribution is 2.28. The zero-order chi connectivity index (χ0) is 8.27. The number of hydrogen-bond donors (Lipinski definition) is 1. The fourth-order valence-corrected chi connectivity index (χ4v) is 1.67. The standard InChI is InChI=1S/C10H18O/c1-8(2)3-4-9-5-6-10(11)7-9/h3,9-11H,4-7H2,1-2H3. The maximum Gasteiger partial charge on any atom is 0.0543 e. The monoisotopic (exact) mass is 154 g/mol. The van der Waals surface area contributed by atoms with Gasteiger partial charge in [-0.05, 0) is 45.4 Å². The van der Waals surface area contributed by atoms with Gasteiger partial charge in [0, 0.05) is 0 Å². The van der Waals surface area contributed by atoms with Crippen LogP contribution in [0.15, 0.2) is 11.6 Å². The zero-order valence-corrected chi connectivity index (χ0v) is 7.51. The SMILES string of the molecule is CC(C)=CCC1CCC(O)C1. The summed E-state index contributed by atoms with van der Waals surface area (Å²) in [6.07, 6.45) is 6.68. The summed E-state index contributed by atoms with van der Waals surface area (Å²) in [5.41, 5.74) is 1.39. The molecular weight excluding hydrogens is 136 g/mol. The van der Waals surface area contributed by atoms with Crippen LogP contribution in [0.4, 0.5) is 0 Å². The molecule has 2 unspecified atom stereocenters. The van der Waals surface area contributed by atoms with Crippen LogP contribution in [-0.4, -0.2) is 11.2 Å². The molecule has 0 amide bonds. The smallest absolute Gasteiger partial charge is 0.0543 e. The molecule has 11 heavy (non-hydrogen) atoms. The molecule has 1 N–H and O–H groups in total. The topological polar surface area (TPSA) is 20.2 Å². The summed E-state index contributed by atoms with van der Waals surface area (Å²) in [5.74, 6) is 0.750. The van der Waals surface area contributed by atoms with E-state index in [1.807, 2.05) is 0 Å². The molecule has 0 spiro atoms. The molecule has 1 nitrogen and oxygen atoms in total. The molecule has 0 aromatic carbocycles. The van der Waals surface area contributed by atoms with Crippen LogP contribution in [-0.2, 0) is 0 Å². The average Bonchev–Trinajstić information content (AvgIpc) is 2.31. The van der Waals surface area contributed by atoms with Gasteiger partial charge < -0.3 is 5.11 Å². The molecule has 0 heterocycles. The summed E-state index contributed by atoms with van der Waals surface area (Å²) in [5, 5.41) is 9.24. The van der Waals surface area contributed by atoms with E-state index in [4.69, 9.17) is 0 Å². The third-order valence-corrected chi connectivity index (χ3v) is 2.37. The first kappa shape index (κ1) is 8.79. The van der Waals surface area contributed by atoms with Crippen molar-refractivity contribution in [2.45, 2.75) is 45.6 Å². The second kappa shape index (κ2) is 3.91. The van der Waals surface area contributed by atoms with Crippen LogP contribution < -0.4 is 0 Å². The van der Waals surface area contributed by atoms with Crippen molar-refractivity contribution in [3.8, 4) is 0 Å². The van der Waals surface area contributed by atoms with Gasteiger partial charge in [0.15, 0.2) is 0 Å². The Labute approximate surface area is 69.1 Å². The van der Waals surface area contributed by atoms with Crippen molar-refractivity contribution in [1.29, 1.82) is 0 Å². The molecule has 0 aromatic rings. The normalized spacial score (nSPS) is 30.5. The van der Waals surface area contributed by atoms with Crippen molar-refractivity contribution in [3.05, 3.63) is 11.6 Å². The number of allylic oxidation sites excluding steroid dienone is 2. The van der Waals surface area contributed by atoms with Gasteiger partial charge in [0.05, 0.1) is 6.10 Å². The Kier molecular flexibility index (Phi) is 3.13. The van der Waals surface area contributed by atoms with E-state index < -0.39 is 0 Å². The van der Waals surface area contributed by atoms with Gasteiger partial charge in [0.25, 0.3) is 0 Å². The third kappa shape index (κ3) is 3.06. The lowest BCUT2D eigenvalue weighted by Crippen LogP contribution is -1.99. The predicted molar refractivity (Wildman–Crippen MR) is 47.4 cm³/mol. The molecule has 1 fully saturated rings. The first-order valence-electron chi connectivity index (χ1n) is 4.50. The summed E-state index contributed by atoms with van der Waals surface area (Å²) >= 11 is 0. The van der Waals surface area contributed by atoms with Gasteiger partial charge in [-0.2, -0.15) is 0 Å². The van der Waals surface area contributed by atoms with E-state index >= 15 is 0 Å². The zero-order valence-electron chi connectivity index (χ0n) is 7.51. The Morgan fingerprint density at radius 2 is 2.18 bits per heavy atom. The molecule has 1 heteroatoms. The Bertz CT molecular complexity index is 145. The second-order valence-electron chi connectivity index (χ2n) is 3.85. The van der Waals surface area contributed by atoms with Crippen LogP contribution in [0.25, 0.3) is 0 Å². The van der Waals surface area contributed by atoms with Gasteiger partial charge in [0.2, 0.25) is 0 Å². The van der Waals surface area contributed by atoms with Gasteiger partial charge in [-0.1, -0.05) is 11.6 Å². The molecule has 0 aromatic heterocycles. The number of aliphatic hydroxyl groups is 1. The van der Waals surface area contributed by atoms with Gasteiger partial charge >= 0.3 is 0 Å². The average molecular weight is 154 g/mol. The Morgan fingerprint density at radius 3 is 2.64 bits per heavy atom. The van der Waals surface area contributed by atoms with E-state index in [9.17, 15) is 5.11 Å². The Balaban J connectivity index is 2.23. The summed E-state index contributed by atoms with van der Waals surface area (Å²) < 4.78 is 0. The highest BCUT2D eigenvalue weighted by molar-refractivity contribution is 4.95. The van der Waals surface area contributed by atoms with Gasteiger partial charge in [0.1, 0.15) is 0 Å². The molecule has 0 bridgehead atoms. The van der Waals surface area contributed by atoms with Crippen LogP contribution in [0.2, 0.25) is 0 Å². The highest BCUT2D eigenvalue weighted by atomic mass is 16.3. The molecule has 1 rings (SSSR count). The van der Waals surface area contributed by atoms with E-state index in [1.54, 1.807) is 0 Å². The van der Waals surface area contributed by atoms with Crippen molar-refractivity contribution in [2.75, 3.05) is 0 Å². The first-order chi connectivity index (χ1) is 5.18. The number of hydrogen-bond acceptors (Lipinski definition) is 1. The van der Waals surface area contributed by atoms with E-state index in [2.05, 4.69) is 19.9 Å². The molecule has 1 aliphatic carbocycles. The van der Waals surface area contributed by atoms with Crippen molar-refractivity contribution >= 4 is 0 Å². The maximum absolute atomic E-state index is 9.24. The molecule has 2 atom stereocenters. The lowest BCUT2D eigenvalue weighted by Gasteiger charge is -2.04. The summed E-state index contributed by atoms with van der Waals surface area (Å²) in [7, 11) is 0. The van der Waals surface area contributed by atoms with Crippen LogP contribution in [0, 0.1) is 5.92 Å². The Morgan fingerprint density at radius 1 is 1.45 bits per heavy atom. The lowest BCUT2D eigenvalue weighted by molar-refractivity contribution is 0.178. The summed E-state index contributed by atoms with van der Waals surface area (Å²) in [6.45, 7) is 4.26. The molecule has 0 aliphatic heterocycles. The van der Waals surface area contributed by atoms with Crippen molar-refractivity contribution in [1.82, 2.24) is 0 Å². The fraction of sp³-hybridized carbons (Fsp3) is 0.800. The van der Waals surface area contributed by atoms with E-state index in [0.717, 1.165) is 18.8 Å². The third-order valence-electron chi connectivity index (χ3n) is 2.37. The van der Waals surface area contributed by atoms with Crippen LogP contribution in [0.1, 0.15) is 39.5 Å². The van der Waals surface area contributed by atoms with Gasteiger partial charge in [-0.15, -0.1) is 0 Å². The number of aliphatic hydroxyl groups excluding tert-OH is 1. The molecule has 0 radical (unpaired) electrons. The minimum Gasteiger partial charge on any atom is -0.393 e. The highest BCUT2D eigenvalue weighted by Gasteiger charge is 2.21. The van der Waals surface area contributed by atoms with Crippen molar-refractivity contribution in [2.24, 2.45) is 5.92 Å². The fourth-order valence-electron chi connectivity index (χ4n) is 1.67. The van der Waals surface area contributed by atoms with Crippen LogP contribution in [0.3, 0.4) is 0 Å². The van der Waals surface area contributed by atoms with E-state index in [1.165, 1.54) is 18.4 Å². The largest absolute Gasteiger partial charge is 0.393 e. The quantitative estimate of drug-likeness (QED) is 0.606. The van der Waals surface area contributed by atoms with Gasteiger partial charge in [-0.3, -0.25) is 0 Å². The molecule has 1 aliphatic rings. The van der Waals surface area contributed by atoms with E-state index in [-0.39, 0.29) is 6.10 Å². The van der Waals surface area contributed by atoms with Gasteiger partial charge in [-0.25, -0.2) is 0 Å². The molecule has 64 valence electrons. The predicted octanol–water partition coefficient (Wildman–Crippen LogP) is 2.50. The molecule has 0 saturated heterocycles.